The number of rotatable bonds is 5. The monoisotopic (exact) mass is 427 g/mol. The summed E-state index contributed by atoms with van der Waals surface area (Å²) >= 11 is 1.42. The Balaban J connectivity index is 1.34. The molecule has 0 amide bonds. The molecule has 0 saturated heterocycles. The topological polar surface area (TPSA) is 85.3 Å². The van der Waals surface area contributed by atoms with Gasteiger partial charge in [-0.1, -0.05) is 24.3 Å². The fourth-order valence-corrected chi connectivity index (χ4v) is 4.31. The quantitative estimate of drug-likeness (QED) is 0.218. The number of anilines is 1. The largest absolute Gasteiger partial charge is 0.344 e. The molecule has 0 fully saturated rings. The lowest BCUT2D eigenvalue weighted by Crippen LogP contribution is -1.91. The number of nitrogens with zero attached hydrogens (tertiary/aromatic N) is 4. The molecule has 0 saturated carbocycles. The van der Waals surface area contributed by atoms with Gasteiger partial charge in [-0.2, -0.15) is 5.10 Å². The van der Waals surface area contributed by atoms with E-state index in [9.17, 15) is 10.1 Å². The van der Waals surface area contributed by atoms with Crippen LogP contribution in [0.1, 0.15) is 5.56 Å². The maximum atomic E-state index is 10.8. The van der Waals surface area contributed by atoms with Gasteiger partial charge in [0, 0.05) is 51.9 Å². The zero-order chi connectivity index (χ0) is 21.4. The molecule has 5 rings (SSSR count). The van der Waals surface area contributed by atoms with Gasteiger partial charge in [-0.25, -0.2) is 4.98 Å². The summed E-state index contributed by atoms with van der Waals surface area (Å²) in [4.78, 5) is 14.9. The Kier molecular flexibility index (Phi) is 4.68. The molecule has 2 aromatic heterocycles. The highest BCUT2D eigenvalue weighted by atomic mass is 32.1. The van der Waals surface area contributed by atoms with E-state index in [1.807, 2.05) is 17.5 Å². The minimum atomic E-state index is -0.415. The number of non-ortho nitro benzene ring substituents is 1. The van der Waals surface area contributed by atoms with Gasteiger partial charge in [0.25, 0.3) is 5.69 Å². The number of para-hydroxylation sites is 1. The van der Waals surface area contributed by atoms with Gasteiger partial charge in [0.15, 0.2) is 0 Å². The lowest BCUT2D eigenvalue weighted by Gasteiger charge is -1.99. The second-order valence-electron chi connectivity index (χ2n) is 7.06. The van der Waals surface area contributed by atoms with Gasteiger partial charge in [0.2, 0.25) is 5.13 Å². The Morgan fingerprint density at radius 2 is 1.84 bits per heavy atom. The van der Waals surface area contributed by atoms with Gasteiger partial charge in [-0.05, 0) is 35.9 Å². The third-order valence-corrected chi connectivity index (χ3v) is 5.94. The summed E-state index contributed by atoms with van der Waals surface area (Å²) in [7, 11) is 2.07. The third-order valence-electron chi connectivity index (χ3n) is 5.19. The standard InChI is InChI=1S/C23H17N5O2S/c1-27-21-5-3-2-4-18(21)19-12-15(6-11-22(19)27)13-24-26-23-25-20(14-31-23)16-7-9-17(10-8-16)28(29)30/h2-14H,1H3,(H,25,26)/b24-13+. The third kappa shape index (κ3) is 3.53. The second-order valence-corrected chi connectivity index (χ2v) is 7.92. The summed E-state index contributed by atoms with van der Waals surface area (Å²) in [5.41, 5.74) is 7.96. The number of benzene rings is 3. The predicted molar refractivity (Wildman–Crippen MR) is 126 cm³/mol. The average molecular weight is 427 g/mol. The van der Waals surface area contributed by atoms with Crippen molar-refractivity contribution in [1.29, 1.82) is 0 Å². The predicted octanol–water partition coefficient (Wildman–Crippen LogP) is 5.81. The number of aryl methyl sites for hydroxylation is 1. The maximum absolute atomic E-state index is 10.8. The van der Waals surface area contributed by atoms with Crippen molar-refractivity contribution < 1.29 is 4.92 Å². The van der Waals surface area contributed by atoms with Crippen LogP contribution in [0.3, 0.4) is 0 Å². The Hall–Kier alpha value is -4.04. The second kappa shape index (κ2) is 7.66. The number of hydrazone groups is 1. The van der Waals surface area contributed by atoms with Gasteiger partial charge in [-0.3, -0.25) is 15.5 Å². The summed E-state index contributed by atoms with van der Waals surface area (Å²) in [5.74, 6) is 0. The van der Waals surface area contributed by atoms with E-state index in [0.717, 1.165) is 16.8 Å². The maximum Gasteiger partial charge on any atom is 0.269 e. The number of hydrogen-bond acceptors (Lipinski definition) is 6. The molecule has 0 bridgehead atoms. The lowest BCUT2D eigenvalue weighted by atomic mass is 10.1. The van der Waals surface area contributed by atoms with Crippen molar-refractivity contribution in [2.24, 2.45) is 12.1 Å². The van der Waals surface area contributed by atoms with Crippen LogP contribution in [0, 0.1) is 10.1 Å². The van der Waals surface area contributed by atoms with E-state index in [0.29, 0.717) is 5.13 Å². The van der Waals surface area contributed by atoms with Gasteiger partial charge in [-0.15, -0.1) is 11.3 Å². The molecule has 152 valence electrons. The van der Waals surface area contributed by atoms with Crippen molar-refractivity contribution >= 4 is 50.2 Å². The number of aromatic nitrogens is 2. The minimum absolute atomic E-state index is 0.0603. The zero-order valence-corrected chi connectivity index (χ0v) is 17.3. The summed E-state index contributed by atoms with van der Waals surface area (Å²) < 4.78 is 2.19. The molecule has 0 atom stereocenters. The molecule has 2 heterocycles. The number of hydrogen-bond donors (Lipinski definition) is 1. The SMILES string of the molecule is Cn1c2ccccc2c2cc(/C=N/Nc3nc(-c4ccc([N+](=O)[O-])cc4)cs3)ccc21. The summed E-state index contributed by atoms with van der Waals surface area (Å²) in [6, 6.07) is 21.0. The van der Waals surface area contributed by atoms with Gasteiger partial charge >= 0.3 is 0 Å². The summed E-state index contributed by atoms with van der Waals surface area (Å²) in [6.45, 7) is 0. The molecule has 3 aromatic carbocycles. The number of nitrogens with one attached hydrogen (secondary N) is 1. The van der Waals surface area contributed by atoms with Gasteiger partial charge in [0.1, 0.15) is 0 Å². The Bertz CT molecular complexity index is 1450. The van der Waals surface area contributed by atoms with E-state index in [-0.39, 0.29) is 5.69 Å². The van der Waals surface area contributed by atoms with Crippen LogP contribution in [0.4, 0.5) is 10.8 Å². The minimum Gasteiger partial charge on any atom is -0.344 e. The van der Waals surface area contributed by atoms with Crippen molar-refractivity contribution in [1.82, 2.24) is 9.55 Å². The highest BCUT2D eigenvalue weighted by Gasteiger charge is 2.09. The normalized spacial score (nSPS) is 11.5. The highest BCUT2D eigenvalue weighted by Crippen LogP contribution is 2.29. The molecule has 0 aliphatic heterocycles. The molecule has 5 aromatic rings. The fraction of sp³-hybridized carbons (Fsp3) is 0.0435. The van der Waals surface area contributed by atoms with Gasteiger partial charge in [0.05, 0.1) is 16.8 Å². The average Bonchev–Trinajstić information content (AvgIpc) is 3.37. The number of nitro groups is 1. The fourth-order valence-electron chi connectivity index (χ4n) is 3.64. The van der Waals surface area contributed by atoms with E-state index in [1.54, 1.807) is 18.3 Å². The Labute approximate surface area is 181 Å². The van der Waals surface area contributed by atoms with Crippen LogP contribution in [0.25, 0.3) is 33.1 Å². The molecule has 0 aliphatic rings. The van der Waals surface area contributed by atoms with Gasteiger partial charge < -0.3 is 4.57 Å². The van der Waals surface area contributed by atoms with Crippen molar-refractivity contribution in [3.05, 3.63) is 87.8 Å². The molecule has 0 spiro atoms. The van der Waals surface area contributed by atoms with Crippen molar-refractivity contribution in [2.45, 2.75) is 0 Å². The van der Waals surface area contributed by atoms with Crippen LogP contribution >= 0.6 is 11.3 Å². The zero-order valence-electron chi connectivity index (χ0n) is 16.5. The van der Waals surface area contributed by atoms with Crippen molar-refractivity contribution in [3.63, 3.8) is 0 Å². The highest BCUT2D eigenvalue weighted by molar-refractivity contribution is 7.14. The van der Waals surface area contributed by atoms with Crippen molar-refractivity contribution in [3.8, 4) is 11.3 Å². The van der Waals surface area contributed by atoms with Crippen LogP contribution in [0.5, 0.6) is 0 Å². The first-order chi connectivity index (χ1) is 15.1. The van der Waals surface area contributed by atoms with E-state index in [2.05, 4.69) is 57.5 Å². The molecule has 7 nitrogen and oxygen atoms in total. The van der Waals surface area contributed by atoms with E-state index in [4.69, 9.17) is 0 Å². The van der Waals surface area contributed by atoms with E-state index in [1.165, 1.54) is 45.3 Å². The smallest absolute Gasteiger partial charge is 0.269 e. The Morgan fingerprint density at radius 1 is 1.06 bits per heavy atom. The first-order valence-electron chi connectivity index (χ1n) is 9.57. The molecular weight excluding hydrogens is 410 g/mol. The first-order valence-corrected chi connectivity index (χ1v) is 10.4. The Morgan fingerprint density at radius 3 is 2.65 bits per heavy atom. The molecule has 0 radical (unpaired) electrons. The number of nitro benzene ring substituents is 1. The van der Waals surface area contributed by atoms with Crippen LogP contribution < -0.4 is 5.43 Å². The lowest BCUT2D eigenvalue weighted by molar-refractivity contribution is -0.384. The number of thiazole rings is 1. The van der Waals surface area contributed by atoms with E-state index >= 15 is 0 Å². The van der Waals surface area contributed by atoms with Crippen LogP contribution in [0.2, 0.25) is 0 Å². The van der Waals surface area contributed by atoms with Crippen molar-refractivity contribution in [2.75, 3.05) is 5.43 Å². The number of fused-ring (bicyclic) bond motifs is 3. The molecular formula is C23H17N5O2S. The molecule has 0 aliphatic carbocycles. The molecule has 1 N–H and O–H groups in total. The molecule has 31 heavy (non-hydrogen) atoms. The van der Waals surface area contributed by atoms with Crippen LogP contribution in [-0.4, -0.2) is 20.7 Å². The van der Waals surface area contributed by atoms with Crippen LogP contribution in [-0.2, 0) is 7.05 Å². The first kappa shape index (κ1) is 19.0. The molecule has 8 heteroatoms. The summed E-state index contributed by atoms with van der Waals surface area (Å²) in [5, 5.41) is 20.1. The molecule has 0 unspecified atom stereocenters. The summed E-state index contributed by atoms with van der Waals surface area (Å²) in [6.07, 6.45) is 1.77. The van der Waals surface area contributed by atoms with E-state index < -0.39 is 4.92 Å². The van der Waals surface area contributed by atoms with Crippen LogP contribution in [0.15, 0.2) is 77.2 Å².